The Morgan fingerprint density at radius 2 is 1.62 bits per heavy atom. The molecule has 0 unspecified atom stereocenters. The Kier molecular flexibility index (Phi) is 6.86. The Hall–Kier alpha value is -2.77. The lowest BCUT2D eigenvalue weighted by atomic mass is 9.81. The number of hydrogen-bond acceptors (Lipinski definition) is 5. The fourth-order valence-electron chi connectivity index (χ4n) is 5.01. The van der Waals surface area contributed by atoms with E-state index in [9.17, 15) is 14.4 Å². The average Bonchev–Trinajstić information content (AvgIpc) is 3.33. The van der Waals surface area contributed by atoms with Crippen molar-refractivity contribution in [3.05, 3.63) is 33.0 Å². The van der Waals surface area contributed by atoms with Gasteiger partial charge in [0.05, 0.1) is 24.1 Å². The van der Waals surface area contributed by atoms with Crippen molar-refractivity contribution in [3.63, 3.8) is 0 Å². The van der Waals surface area contributed by atoms with Gasteiger partial charge in [0.2, 0.25) is 5.91 Å². The van der Waals surface area contributed by atoms with Gasteiger partial charge in [0.1, 0.15) is 0 Å². The molecule has 4 rings (SSSR count). The highest BCUT2D eigenvalue weighted by atomic mass is 16.5. The second-order valence-electron chi connectivity index (χ2n) is 8.81. The van der Waals surface area contributed by atoms with Gasteiger partial charge in [-0.15, -0.1) is 0 Å². The molecule has 1 aliphatic carbocycles. The molecule has 8 nitrogen and oxygen atoms in total. The van der Waals surface area contributed by atoms with Crippen molar-refractivity contribution >= 4 is 16.8 Å². The second-order valence-corrected chi connectivity index (χ2v) is 8.81. The molecule has 2 aromatic rings. The molecule has 2 heterocycles. The largest absolute Gasteiger partial charge is 0.490 e. The van der Waals surface area contributed by atoms with E-state index < -0.39 is 5.69 Å². The number of hydrogen-bond donors (Lipinski definition) is 1. The van der Waals surface area contributed by atoms with Crippen LogP contribution < -0.4 is 20.7 Å². The van der Waals surface area contributed by atoms with Gasteiger partial charge in [-0.25, -0.2) is 4.79 Å². The fourth-order valence-corrected chi connectivity index (χ4v) is 5.01. The van der Waals surface area contributed by atoms with Crippen molar-refractivity contribution in [3.8, 4) is 11.5 Å². The van der Waals surface area contributed by atoms with Crippen LogP contribution in [0.2, 0.25) is 0 Å². The van der Waals surface area contributed by atoms with Crippen molar-refractivity contribution in [1.82, 2.24) is 14.5 Å². The Labute approximate surface area is 187 Å². The first kappa shape index (κ1) is 22.4. The zero-order chi connectivity index (χ0) is 22.7. The van der Waals surface area contributed by atoms with Crippen LogP contribution in [0.25, 0.3) is 10.9 Å². The van der Waals surface area contributed by atoms with E-state index in [4.69, 9.17) is 9.47 Å². The maximum atomic E-state index is 13.2. The monoisotopic (exact) mass is 443 g/mol. The van der Waals surface area contributed by atoms with E-state index in [-0.39, 0.29) is 23.3 Å². The predicted molar refractivity (Wildman–Crippen MR) is 122 cm³/mol. The fraction of sp³-hybridized carbons (Fsp3) is 0.625. The summed E-state index contributed by atoms with van der Waals surface area (Å²) >= 11 is 0. The van der Waals surface area contributed by atoms with E-state index in [0.29, 0.717) is 42.2 Å². The van der Waals surface area contributed by atoms with Crippen LogP contribution in [0.4, 0.5) is 0 Å². The number of aromatic nitrogens is 2. The van der Waals surface area contributed by atoms with Crippen molar-refractivity contribution in [1.29, 1.82) is 0 Å². The number of amides is 1. The molecule has 2 aliphatic rings. The zero-order valence-electron chi connectivity index (χ0n) is 19.0. The van der Waals surface area contributed by atoms with Gasteiger partial charge < -0.3 is 19.4 Å². The highest BCUT2D eigenvalue weighted by Crippen LogP contribution is 2.32. The first-order valence-electron chi connectivity index (χ1n) is 11.9. The number of fused-ring (bicyclic) bond motifs is 1. The van der Waals surface area contributed by atoms with Crippen molar-refractivity contribution in [2.24, 2.45) is 11.8 Å². The third-order valence-corrected chi connectivity index (χ3v) is 6.70. The van der Waals surface area contributed by atoms with Gasteiger partial charge in [0, 0.05) is 31.6 Å². The number of rotatable bonds is 7. The molecule has 1 aliphatic heterocycles. The highest BCUT2D eigenvalue weighted by molar-refractivity contribution is 5.81. The summed E-state index contributed by atoms with van der Waals surface area (Å²) in [7, 11) is 0. The Morgan fingerprint density at radius 3 is 2.25 bits per heavy atom. The summed E-state index contributed by atoms with van der Waals surface area (Å²) in [5.41, 5.74) is -0.282. The minimum absolute atomic E-state index is 0.0849. The van der Waals surface area contributed by atoms with E-state index >= 15 is 0 Å². The van der Waals surface area contributed by atoms with Gasteiger partial charge >= 0.3 is 5.69 Å². The number of benzene rings is 1. The molecule has 0 spiro atoms. The number of nitrogens with one attached hydrogen (secondary N) is 1. The SMILES string of the molecule is CCOc1cc2[nH]c(=O)n(CC3CCC(C(=O)N4CCCC4)CC3)c(=O)c2cc1OCC. The average molecular weight is 444 g/mol. The molecule has 1 aromatic carbocycles. The molecule has 174 valence electrons. The normalized spacial score (nSPS) is 21.1. The number of aromatic amines is 1. The number of carbonyl (C=O) groups excluding carboxylic acids is 1. The Balaban J connectivity index is 1.52. The number of H-pyrrole nitrogens is 1. The zero-order valence-corrected chi connectivity index (χ0v) is 19.0. The summed E-state index contributed by atoms with van der Waals surface area (Å²) in [5, 5.41) is 0.411. The maximum absolute atomic E-state index is 13.2. The topological polar surface area (TPSA) is 93.6 Å². The standard InChI is InChI=1S/C24H33N3O5/c1-3-31-20-13-18-19(14-21(20)32-4-2)25-24(30)27(23(18)29)15-16-7-9-17(10-8-16)22(28)26-11-5-6-12-26/h13-14,16-17H,3-12,15H2,1-2H3,(H,25,30). The number of likely N-dealkylation sites (tertiary alicyclic amines) is 1. The lowest BCUT2D eigenvalue weighted by molar-refractivity contribution is -0.135. The van der Waals surface area contributed by atoms with Gasteiger partial charge in [-0.05, 0) is 64.4 Å². The van der Waals surface area contributed by atoms with Crippen molar-refractivity contribution in [2.75, 3.05) is 26.3 Å². The maximum Gasteiger partial charge on any atom is 0.328 e. The molecule has 1 saturated heterocycles. The quantitative estimate of drug-likeness (QED) is 0.710. The van der Waals surface area contributed by atoms with Crippen molar-refractivity contribution in [2.45, 2.75) is 58.9 Å². The van der Waals surface area contributed by atoms with E-state index in [1.807, 2.05) is 18.7 Å². The van der Waals surface area contributed by atoms with Gasteiger partial charge in [0.25, 0.3) is 5.56 Å². The van der Waals surface area contributed by atoms with Crippen LogP contribution in [0.3, 0.4) is 0 Å². The molecule has 8 heteroatoms. The molecule has 1 N–H and O–H groups in total. The highest BCUT2D eigenvalue weighted by Gasteiger charge is 2.31. The first-order chi connectivity index (χ1) is 15.5. The van der Waals surface area contributed by atoms with Gasteiger partial charge in [-0.3, -0.25) is 14.2 Å². The van der Waals surface area contributed by atoms with E-state index in [2.05, 4.69) is 4.98 Å². The van der Waals surface area contributed by atoms with E-state index in [1.54, 1.807) is 12.1 Å². The Morgan fingerprint density at radius 1 is 1.00 bits per heavy atom. The third kappa shape index (κ3) is 4.54. The summed E-state index contributed by atoms with van der Waals surface area (Å²) in [4.78, 5) is 43.4. The molecule has 0 radical (unpaired) electrons. The minimum Gasteiger partial charge on any atom is -0.490 e. The lowest BCUT2D eigenvalue weighted by Crippen LogP contribution is -2.39. The summed E-state index contributed by atoms with van der Waals surface area (Å²) < 4.78 is 12.6. The van der Waals surface area contributed by atoms with Crippen LogP contribution >= 0.6 is 0 Å². The van der Waals surface area contributed by atoms with Crippen LogP contribution in [0.15, 0.2) is 21.7 Å². The van der Waals surface area contributed by atoms with Gasteiger partial charge in [-0.1, -0.05) is 0 Å². The van der Waals surface area contributed by atoms with Crippen LogP contribution in [0.1, 0.15) is 52.4 Å². The minimum atomic E-state index is -0.413. The smallest absolute Gasteiger partial charge is 0.328 e. The molecule has 1 amide bonds. The lowest BCUT2D eigenvalue weighted by Gasteiger charge is -2.30. The van der Waals surface area contributed by atoms with Gasteiger partial charge in [0.15, 0.2) is 11.5 Å². The summed E-state index contributed by atoms with van der Waals surface area (Å²) in [6.07, 6.45) is 5.56. The number of carbonyl (C=O) groups is 1. The third-order valence-electron chi connectivity index (χ3n) is 6.70. The van der Waals surface area contributed by atoms with Gasteiger partial charge in [-0.2, -0.15) is 0 Å². The van der Waals surface area contributed by atoms with E-state index in [1.165, 1.54) is 4.57 Å². The first-order valence-corrected chi connectivity index (χ1v) is 11.9. The molecule has 1 aromatic heterocycles. The van der Waals surface area contributed by atoms with Crippen LogP contribution in [-0.2, 0) is 11.3 Å². The van der Waals surface area contributed by atoms with Crippen LogP contribution in [0.5, 0.6) is 11.5 Å². The predicted octanol–water partition coefficient (Wildman–Crippen LogP) is 2.92. The molecular weight excluding hydrogens is 410 g/mol. The molecule has 1 saturated carbocycles. The molecule has 2 fully saturated rings. The van der Waals surface area contributed by atoms with Crippen LogP contribution in [-0.4, -0.2) is 46.7 Å². The second kappa shape index (κ2) is 9.79. The number of ether oxygens (including phenoxy) is 2. The molecule has 0 bridgehead atoms. The molecule has 32 heavy (non-hydrogen) atoms. The van der Waals surface area contributed by atoms with Crippen molar-refractivity contribution < 1.29 is 14.3 Å². The summed E-state index contributed by atoms with van der Waals surface area (Å²) in [5.74, 6) is 1.59. The Bertz CT molecular complexity index is 1080. The number of nitrogens with zero attached hydrogens (tertiary/aromatic N) is 2. The molecule has 0 atom stereocenters. The summed E-state index contributed by atoms with van der Waals surface area (Å²) in [6.45, 7) is 6.78. The molecular formula is C24H33N3O5. The summed E-state index contributed by atoms with van der Waals surface area (Å²) in [6, 6.07) is 3.32. The van der Waals surface area contributed by atoms with Crippen LogP contribution in [0, 0.1) is 11.8 Å². The van der Waals surface area contributed by atoms with E-state index in [0.717, 1.165) is 51.6 Å².